The van der Waals surface area contributed by atoms with E-state index in [2.05, 4.69) is 15.8 Å². The second kappa shape index (κ2) is 7.43. The van der Waals surface area contributed by atoms with Crippen LogP contribution in [-0.2, 0) is 6.54 Å². The van der Waals surface area contributed by atoms with Crippen LogP contribution in [-0.4, -0.2) is 17.6 Å². The SMILES string of the molecule is C/C(=N/NC(=S)NCc1ccc2c(c1)OCO2)c1ccc(F)c(F)c1. The third kappa shape index (κ3) is 4.21. The molecule has 1 heterocycles. The summed E-state index contributed by atoms with van der Waals surface area (Å²) in [6, 6.07) is 9.19. The van der Waals surface area contributed by atoms with E-state index >= 15 is 0 Å². The van der Waals surface area contributed by atoms with E-state index < -0.39 is 11.6 Å². The summed E-state index contributed by atoms with van der Waals surface area (Å²) in [7, 11) is 0. The van der Waals surface area contributed by atoms with Crippen LogP contribution in [0.25, 0.3) is 0 Å². The molecule has 130 valence electrons. The molecule has 1 aliphatic rings. The van der Waals surface area contributed by atoms with Gasteiger partial charge in [0.1, 0.15) is 0 Å². The van der Waals surface area contributed by atoms with Crippen LogP contribution in [0.5, 0.6) is 11.5 Å². The number of halogens is 2. The zero-order valence-corrected chi connectivity index (χ0v) is 14.1. The number of hydrogen-bond acceptors (Lipinski definition) is 4. The number of hydrazone groups is 1. The van der Waals surface area contributed by atoms with Crippen LogP contribution >= 0.6 is 12.2 Å². The molecule has 0 unspecified atom stereocenters. The normalized spacial score (nSPS) is 12.8. The van der Waals surface area contributed by atoms with Crippen molar-refractivity contribution in [2.75, 3.05) is 6.79 Å². The summed E-state index contributed by atoms with van der Waals surface area (Å²) in [6.07, 6.45) is 0. The Bertz CT molecular complexity index is 843. The largest absolute Gasteiger partial charge is 0.454 e. The molecule has 0 saturated carbocycles. The van der Waals surface area contributed by atoms with Gasteiger partial charge in [-0.2, -0.15) is 5.10 Å². The van der Waals surface area contributed by atoms with Crippen LogP contribution in [0.15, 0.2) is 41.5 Å². The van der Waals surface area contributed by atoms with Gasteiger partial charge in [0.25, 0.3) is 0 Å². The fraction of sp³-hybridized carbons (Fsp3) is 0.176. The van der Waals surface area contributed by atoms with E-state index in [0.717, 1.165) is 23.4 Å². The molecule has 25 heavy (non-hydrogen) atoms. The Hall–Kier alpha value is -2.74. The van der Waals surface area contributed by atoms with E-state index in [1.807, 2.05) is 18.2 Å². The van der Waals surface area contributed by atoms with Crippen LogP contribution in [0.4, 0.5) is 8.78 Å². The van der Waals surface area contributed by atoms with Crippen molar-refractivity contribution in [2.45, 2.75) is 13.5 Å². The molecule has 0 saturated heterocycles. The van der Waals surface area contributed by atoms with E-state index in [1.54, 1.807) is 6.92 Å². The lowest BCUT2D eigenvalue weighted by Gasteiger charge is -2.09. The zero-order chi connectivity index (χ0) is 17.8. The molecule has 1 aliphatic heterocycles. The third-order valence-corrected chi connectivity index (χ3v) is 3.79. The van der Waals surface area contributed by atoms with Crippen LogP contribution in [0.1, 0.15) is 18.1 Å². The Labute approximate surface area is 148 Å². The van der Waals surface area contributed by atoms with Crippen molar-refractivity contribution >= 4 is 23.0 Å². The lowest BCUT2D eigenvalue weighted by molar-refractivity contribution is 0.174. The highest BCUT2D eigenvalue weighted by molar-refractivity contribution is 7.80. The minimum atomic E-state index is -0.921. The van der Waals surface area contributed by atoms with Gasteiger partial charge in [-0.25, -0.2) is 8.78 Å². The maximum Gasteiger partial charge on any atom is 0.231 e. The summed E-state index contributed by atoms with van der Waals surface area (Å²) < 4.78 is 36.7. The van der Waals surface area contributed by atoms with Gasteiger partial charge in [0, 0.05) is 12.1 Å². The van der Waals surface area contributed by atoms with Crippen molar-refractivity contribution in [3.05, 3.63) is 59.2 Å². The monoisotopic (exact) mass is 363 g/mol. The molecule has 0 fully saturated rings. The molecular weight excluding hydrogens is 348 g/mol. The van der Waals surface area contributed by atoms with Gasteiger partial charge in [0.05, 0.1) is 5.71 Å². The number of hydrogen-bond donors (Lipinski definition) is 2. The predicted molar refractivity (Wildman–Crippen MR) is 93.7 cm³/mol. The summed E-state index contributed by atoms with van der Waals surface area (Å²) in [6.45, 7) is 2.37. The zero-order valence-electron chi connectivity index (χ0n) is 13.3. The van der Waals surface area contributed by atoms with Gasteiger partial charge in [-0.15, -0.1) is 0 Å². The average molecular weight is 363 g/mol. The maximum atomic E-state index is 13.2. The van der Waals surface area contributed by atoms with Gasteiger partial charge >= 0.3 is 0 Å². The van der Waals surface area contributed by atoms with E-state index in [0.29, 0.717) is 28.7 Å². The number of thiocarbonyl (C=S) groups is 1. The van der Waals surface area contributed by atoms with Crippen molar-refractivity contribution in [1.29, 1.82) is 0 Å². The second-order valence-electron chi connectivity index (χ2n) is 5.31. The summed E-state index contributed by atoms with van der Waals surface area (Å²) in [4.78, 5) is 0. The van der Waals surface area contributed by atoms with Gasteiger partial charge in [-0.1, -0.05) is 6.07 Å². The van der Waals surface area contributed by atoms with Gasteiger partial charge < -0.3 is 14.8 Å². The number of benzene rings is 2. The van der Waals surface area contributed by atoms with Crippen molar-refractivity contribution < 1.29 is 18.3 Å². The summed E-state index contributed by atoms with van der Waals surface area (Å²) in [5, 5.41) is 7.37. The van der Waals surface area contributed by atoms with E-state index in [1.165, 1.54) is 6.07 Å². The molecule has 0 atom stereocenters. The molecule has 2 N–H and O–H groups in total. The number of rotatable bonds is 4. The Morgan fingerprint density at radius 3 is 2.72 bits per heavy atom. The number of nitrogens with zero attached hydrogens (tertiary/aromatic N) is 1. The highest BCUT2D eigenvalue weighted by atomic mass is 32.1. The first-order chi connectivity index (χ1) is 12.0. The van der Waals surface area contributed by atoms with Crippen molar-refractivity contribution in [3.63, 3.8) is 0 Å². The molecule has 0 amide bonds. The minimum absolute atomic E-state index is 0.226. The quantitative estimate of drug-likeness (QED) is 0.497. The Morgan fingerprint density at radius 1 is 1.12 bits per heavy atom. The van der Waals surface area contributed by atoms with E-state index in [4.69, 9.17) is 21.7 Å². The Balaban J connectivity index is 1.54. The Kier molecular flexibility index (Phi) is 5.08. The molecule has 0 aliphatic carbocycles. The molecule has 0 bridgehead atoms. The molecule has 2 aromatic carbocycles. The van der Waals surface area contributed by atoms with Gasteiger partial charge in [0.15, 0.2) is 28.2 Å². The summed E-state index contributed by atoms with van der Waals surface area (Å²) in [5.74, 6) is -0.400. The fourth-order valence-electron chi connectivity index (χ4n) is 2.19. The third-order valence-electron chi connectivity index (χ3n) is 3.55. The number of nitrogens with one attached hydrogen (secondary N) is 2. The smallest absolute Gasteiger partial charge is 0.231 e. The van der Waals surface area contributed by atoms with Crippen molar-refractivity contribution in [3.8, 4) is 11.5 Å². The van der Waals surface area contributed by atoms with Crippen LogP contribution in [0.3, 0.4) is 0 Å². The fourth-order valence-corrected chi connectivity index (χ4v) is 2.31. The first-order valence-corrected chi connectivity index (χ1v) is 7.86. The topological polar surface area (TPSA) is 54.9 Å². The van der Waals surface area contributed by atoms with Crippen molar-refractivity contribution in [2.24, 2.45) is 5.10 Å². The molecule has 0 aromatic heterocycles. The lowest BCUT2D eigenvalue weighted by Crippen LogP contribution is -2.32. The second-order valence-corrected chi connectivity index (χ2v) is 5.72. The van der Waals surface area contributed by atoms with Crippen molar-refractivity contribution in [1.82, 2.24) is 10.7 Å². The number of ether oxygens (including phenoxy) is 2. The molecule has 8 heteroatoms. The van der Waals surface area contributed by atoms with E-state index in [9.17, 15) is 8.78 Å². The van der Waals surface area contributed by atoms with Crippen LogP contribution < -0.4 is 20.2 Å². The maximum absolute atomic E-state index is 13.2. The van der Waals surface area contributed by atoms with Gasteiger partial charge in [-0.05, 0) is 55.0 Å². The highest BCUT2D eigenvalue weighted by Crippen LogP contribution is 2.32. The Morgan fingerprint density at radius 2 is 1.92 bits per heavy atom. The first kappa shape index (κ1) is 17.1. The van der Waals surface area contributed by atoms with Gasteiger partial charge in [-0.3, -0.25) is 5.43 Å². The summed E-state index contributed by atoms with van der Waals surface area (Å²) >= 11 is 5.15. The molecule has 0 spiro atoms. The summed E-state index contributed by atoms with van der Waals surface area (Å²) in [5.41, 5.74) is 4.58. The van der Waals surface area contributed by atoms with Crippen LogP contribution in [0, 0.1) is 11.6 Å². The first-order valence-electron chi connectivity index (χ1n) is 7.45. The van der Waals surface area contributed by atoms with Gasteiger partial charge in [0.2, 0.25) is 6.79 Å². The lowest BCUT2D eigenvalue weighted by atomic mass is 10.1. The molecule has 0 radical (unpaired) electrons. The predicted octanol–water partition coefficient (Wildman–Crippen LogP) is 3.08. The molecule has 5 nitrogen and oxygen atoms in total. The minimum Gasteiger partial charge on any atom is -0.454 e. The number of fused-ring (bicyclic) bond motifs is 1. The molecule has 2 aromatic rings. The average Bonchev–Trinajstić information content (AvgIpc) is 3.08. The van der Waals surface area contributed by atoms with Crippen LogP contribution in [0.2, 0.25) is 0 Å². The highest BCUT2D eigenvalue weighted by Gasteiger charge is 2.13. The van der Waals surface area contributed by atoms with E-state index in [-0.39, 0.29) is 6.79 Å². The molecular formula is C17H15F2N3O2S. The molecule has 3 rings (SSSR count). The standard InChI is InChI=1S/C17H15F2N3O2S/c1-10(12-3-4-13(18)14(19)7-12)21-22-17(25)20-8-11-2-5-15-16(6-11)24-9-23-15/h2-7H,8-9H2,1H3,(H2,20,22,25)/b21-10-.